The first-order valence-corrected chi connectivity index (χ1v) is 11.6. The van der Waals surface area contributed by atoms with Crippen LogP contribution in [0.2, 0.25) is 0 Å². The average Bonchev–Trinajstić information content (AvgIpc) is 3.06. The van der Waals surface area contributed by atoms with E-state index in [0.717, 1.165) is 22.0 Å². The third-order valence-corrected chi connectivity index (χ3v) is 7.74. The molecule has 7 heteroatoms. The maximum absolute atomic E-state index is 13.1. The Labute approximate surface area is 163 Å². The van der Waals surface area contributed by atoms with E-state index in [-0.39, 0.29) is 29.4 Å². The molecule has 0 saturated carbocycles. The van der Waals surface area contributed by atoms with Gasteiger partial charge >= 0.3 is 0 Å². The molecule has 142 valence electrons. The van der Waals surface area contributed by atoms with Gasteiger partial charge in [-0.3, -0.25) is 4.99 Å². The van der Waals surface area contributed by atoms with Gasteiger partial charge in [-0.05, 0) is 43.2 Å². The molecule has 2 aromatic rings. The number of aliphatic imine (C=N–C) groups is 1. The first kappa shape index (κ1) is 18.5. The highest BCUT2D eigenvalue weighted by atomic mass is 32.2. The number of hydrogen-bond donors (Lipinski definition) is 0. The van der Waals surface area contributed by atoms with Crippen molar-refractivity contribution in [1.29, 1.82) is 0 Å². The molecule has 2 aliphatic heterocycles. The molecule has 2 aliphatic rings. The average molecular weight is 405 g/mol. The van der Waals surface area contributed by atoms with Crippen LogP contribution in [0.15, 0.2) is 47.5 Å². The van der Waals surface area contributed by atoms with Crippen LogP contribution in [-0.2, 0) is 15.6 Å². The second-order valence-corrected chi connectivity index (χ2v) is 10.3. The van der Waals surface area contributed by atoms with Crippen molar-refractivity contribution in [1.82, 2.24) is 0 Å². The van der Waals surface area contributed by atoms with Crippen LogP contribution in [-0.4, -0.2) is 37.2 Å². The lowest BCUT2D eigenvalue weighted by molar-refractivity contribution is 0.601. The smallest absolute Gasteiger partial charge is 0.164 e. The molecule has 0 aliphatic carbocycles. The number of benzene rings is 2. The summed E-state index contributed by atoms with van der Waals surface area (Å²) in [4.78, 5) is 6.85. The van der Waals surface area contributed by atoms with Gasteiger partial charge in [-0.1, -0.05) is 41.6 Å². The zero-order chi connectivity index (χ0) is 19.2. The van der Waals surface area contributed by atoms with E-state index < -0.39 is 9.84 Å². The first-order valence-electron chi connectivity index (χ1n) is 8.84. The van der Waals surface area contributed by atoms with E-state index in [9.17, 15) is 12.8 Å². The topological polar surface area (TPSA) is 49.7 Å². The molecule has 27 heavy (non-hydrogen) atoms. The summed E-state index contributed by atoms with van der Waals surface area (Å²) in [6.45, 7) is 4.09. The molecule has 4 nitrogen and oxygen atoms in total. The minimum Gasteiger partial charge on any atom is -0.315 e. The molecule has 2 heterocycles. The maximum atomic E-state index is 13.1. The number of halogens is 1. The van der Waals surface area contributed by atoms with Crippen LogP contribution in [0, 0.1) is 19.7 Å². The van der Waals surface area contributed by atoms with Crippen LogP contribution in [0.5, 0.6) is 0 Å². The molecular weight excluding hydrogens is 383 g/mol. The summed E-state index contributed by atoms with van der Waals surface area (Å²) in [7, 11) is -3.06. The summed E-state index contributed by atoms with van der Waals surface area (Å²) in [5.41, 5.74) is 4.29. The molecule has 0 aromatic heterocycles. The zero-order valence-electron chi connectivity index (χ0n) is 15.2. The van der Waals surface area contributed by atoms with Gasteiger partial charge in [-0.2, -0.15) is 0 Å². The Balaban J connectivity index is 1.64. The van der Waals surface area contributed by atoms with E-state index in [4.69, 9.17) is 4.99 Å². The highest BCUT2D eigenvalue weighted by Gasteiger charge is 2.47. The Morgan fingerprint density at radius 2 is 1.89 bits per heavy atom. The first-order chi connectivity index (χ1) is 12.8. The summed E-state index contributed by atoms with van der Waals surface area (Å²) >= 11 is 1.57. The number of nitrogens with zero attached hydrogens (tertiary/aromatic N) is 2. The molecular formula is C20H21FN2O2S2. The van der Waals surface area contributed by atoms with Gasteiger partial charge < -0.3 is 4.90 Å². The third-order valence-electron chi connectivity index (χ3n) is 5.00. The molecule has 2 aromatic carbocycles. The Morgan fingerprint density at radius 1 is 1.15 bits per heavy atom. The number of rotatable bonds is 3. The van der Waals surface area contributed by atoms with E-state index in [2.05, 4.69) is 11.0 Å². The van der Waals surface area contributed by atoms with Gasteiger partial charge in [-0.25, -0.2) is 12.8 Å². The maximum Gasteiger partial charge on any atom is 0.164 e. The standard InChI is InChI=1S/C20H21FN2O2S2/c1-13-3-8-18(14(2)9-13)23-19-12-27(24,25)11-17(19)22-20(23)26-10-15-4-6-16(21)7-5-15/h3-9,17,19H,10-12H2,1-2H3/t17-,19+/m1/s1. The summed E-state index contributed by atoms with van der Waals surface area (Å²) in [6.07, 6.45) is 0. The summed E-state index contributed by atoms with van der Waals surface area (Å²) in [5, 5.41) is 0.844. The lowest BCUT2D eigenvalue weighted by Crippen LogP contribution is -2.39. The lowest BCUT2D eigenvalue weighted by Gasteiger charge is -2.28. The normalized spacial score (nSPS) is 23.4. The minimum absolute atomic E-state index is 0.111. The van der Waals surface area contributed by atoms with Crippen LogP contribution in [0.4, 0.5) is 10.1 Å². The third kappa shape index (κ3) is 3.75. The minimum atomic E-state index is -3.06. The van der Waals surface area contributed by atoms with Crippen molar-refractivity contribution in [3.63, 3.8) is 0 Å². The molecule has 0 spiro atoms. The van der Waals surface area contributed by atoms with Gasteiger partial charge in [0.2, 0.25) is 0 Å². The van der Waals surface area contributed by atoms with Gasteiger partial charge in [-0.15, -0.1) is 0 Å². The summed E-state index contributed by atoms with van der Waals surface area (Å²) < 4.78 is 37.4. The van der Waals surface area contributed by atoms with Gasteiger partial charge in [0, 0.05) is 11.4 Å². The Bertz CT molecular complexity index is 1000. The van der Waals surface area contributed by atoms with E-state index in [0.29, 0.717) is 5.75 Å². The molecule has 0 bridgehead atoms. The van der Waals surface area contributed by atoms with E-state index in [1.807, 2.05) is 26.0 Å². The monoisotopic (exact) mass is 404 g/mol. The molecule has 1 fully saturated rings. The van der Waals surface area contributed by atoms with E-state index in [1.54, 1.807) is 23.9 Å². The zero-order valence-corrected chi connectivity index (χ0v) is 16.9. The Morgan fingerprint density at radius 3 is 2.59 bits per heavy atom. The van der Waals surface area contributed by atoms with Crippen molar-refractivity contribution < 1.29 is 12.8 Å². The van der Waals surface area contributed by atoms with Crippen LogP contribution >= 0.6 is 11.8 Å². The summed E-state index contributed by atoms with van der Waals surface area (Å²) in [5.74, 6) is 0.653. The van der Waals surface area contributed by atoms with Crippen molar-refractivity contribution in [3.05, 3.63) is 65.0 Å². The number of sulfone groups is 1. The van der Waals surface area contributed by atoms with E-state index >= 15 is 0 Å². The fourth-order valence-electron chi connectivity index (χ4n) is 3.72. The summed E-state index contributed by atoms with van der Waals surface area (Å²) in [6, 6.07) is 12.3. The molecule has 1 saturated heterocycles. The highest BCUT2D eigenvalue weighted by Crippen LogP contribution is 2.37. The SMILES string of the molecule is Cc1ccc(N2C(SCc3ccc(F)cc3)=N[C@@H]3CS(=O)(=O)C[C@@H]32)c(C)c1. The molecule has 0 unspecified atom stereocenters. The van der Waals surface area contributed by atoms with Crippen molar-refractivity contribution in [2.75, 3.05) is 16.4 Å². The fourth-order valence-corrected chi connectivity index (χ4v) is 6.63. The van der Waals surface area contributed by atoms with Gasteiger partial charge in [0.05, 0.1) is 23.6 Å². The Hall–Kier alpha value is -1.86. The molecule has 0 amide bonds. The molecule has 4 rings (SSSR count). The number of anilines is 1. The van der Waals surface area contributed by atoms with Crippen molar-refractivity contribution >= 4 is 32.5 Å². The highest BCUT2D eigenvalue weighted by molar-refractivity contribution is 8.13. The second kappa shape index (κ2) is 6.95. The molecule has 0 radical (unpaired) electrons. The number of amidine groups is 1. The van der Waals surface area contributed by atoms with E-state index in [1.165, 1.54) is 17.7 Å². The number of aryl methyl sites for hydroxylation is 2. The molecule has 0 N–H and O–H groups in total. The van der Waals surface area contributed by atoms with Crippen molar-refractivity contribution in [2.45, 2.75) is 31.7 Å². The number of hydrogen-bond acceptors (Lipinski definition) is 5. The molecule has 2 atom stereocenters. The largest absolute Gasteiger partial charge is 0.315 e. The van der Waals surface area contributed by atoms with Crippen molar-refractivity contribution in [3.8, 4) is 0 Å². The lowest BCUT2D eigenvalue weighted by atomic mass is 10.1. The van der Waals surface area contributed by atoms with Crippen LogP contribution in [0.1, 0.15) is 16.7 Å². The van der Waals surface area contributed by atoms with Crippen LogP contribution in [0.3, 0.4) is 0 Å². The quantitative estimate of drug-likeness (QED) is 0.782. The second-order valence-electron chi connectivity index (χ2n) is 7.20. The predicted molar refractivity (Wildman–Crippen MR) is 110 cm³/mol. The van der Waals surface area contributed by atoms with Gasteiger partial charge in [0.1, 0.15) is 5.82 Å². The van der Waals surface area contributed by atoms with Gasteiger partial charge in [0.15, 0.2) is 15.0 Å². The Kier molecular flexibility index (Phi) is 4.76. The fraction of sp³-hybridized carbons (Fsp3) is 0.350. The van der Waals surface area contributed by atoms with Crippen LogP contribution in [0.25, 0.3) is 0 Å². The van der Waals surface area contributed by atoms with Crippen LogP contribution < -0.4 is 4.90 Å². The van der Waals surface area contributed by atoms with Gasteiger partial charge in [0.25, 0.3) is 0 Å². The van der Waals surface area contributed by atoms with Crippen molar-refractivity contribution in [2.24, 2.45) is 4.99 Å². The predicted octanol–water partition coefficient (Wildman–Crippen LogP) is 3.72. The number of fused-ring (bicyclic) bond motifs is 1. The number of thioether (sulfide) groups is 1.